The van der Waals surface area contributed by atoms with E-state index in [-0.39, 0.29) is 17.4 Å². The minimum Gasteiger partial charge on any atom is -0.497 e. The van der Waals surface area contributed by atoms with E-state index in [1.54, 1.807) is 32.4 Å². The minimum absolute atomic E-state index is 0.0110. The Morgan fingerprint density at radius 3 is 2.38 bits per heavy atom. The molecule has 3 heterocycles. The first-order valence-corrected chi connectivity index (χ1v) is 10.6. The van der Waals surface area contributed by atoms with Crippen LogP contribution in [-0.2, 0) is 0 Å². The number of rotatable bonds is 5. The van der Waals surface area contributed by atoms with Gasteiger partial charge in [0.1, 0.15) is 11.5 Å². The fourth-order valence-corrected chi connectivity index (χ4v) is 4.86. The van der Waals surface area contributed by atoms with E-state index in [4.69, 9.17) is 13.9 Å². The van der Waals surface area contributed by atoms with Crippen LogP contribution in [0.15, 0.2) is 52.9 Å². The molecule has 2 aliphatic rings. The number of methoxy groups -OCH3 is 2. The maximum absolute atomic E-state index is 13.1. The second kappa shape index (κ2) is 7.94. The standard InChI is InChI=1S/C24H26N4O4/c1-27-13-24(12-20(27)22-26-25-21(32-22)16-7-5-4-6-8-16)14-28(15-24)23(29)17-9-18(30-2)11-19(10-17)31-3/h4-11,20H,12-15H2,1-3H3. The number of likely N-dealkylation sites (tertiary alicyclic amines) is 2. The molecular weight excluding hydrogens is 408 g/mol. The molecule has 166 valence electrons. The van der Waals surface area contributed by atoms with Crippen LogP contribution in [0.25, 0.3) is 11.5 Å². The molecule has 3 aromatic rings. The predicted octanol–water partition coefficient (Wildman–Crippen LogP) is 3.27. The van der Waals surface area contributed by atoms with Crippen molar-refractivity contribution in [3.63, 3.8) is 0 Å². The van der Waals surface area contributed by atoms with Crippen LogP contribution in [0.2, 0.25) is 0 Å². The molecule has 2 aliphatic heterocycles. The number of carbonyl (C=O) groups is 1. The summed E-state index contributed by atoms with van der Waals surface area (Å²) in [6, 6.07) is 15.1. The molecule has 0 bridgehead atoms. The van der Waals surface area contributed by atoms with Crippen molar-refractivity contribution in [3.05, 3.63) is 60.0 Å². The zero-order valence-corrected chi connectivity index (χ0v) is 18.4. The van der Waals surface area contributed by atoms with Gasteiger partial charge in [0.05, 0.1) is 20.3 Å². The third kappa shape index (κ3) is 3.60. The van der Waals surface area contributed by atoms with Gasteiger partial charge in [-0.2, -0.15) is 0 Å². The molecule has 2 saturated heterocycles. The molecule has 0 radical (unpaired) electrons. The Labute approximate surface area is 186 Å². The summed E-state index contributed by atoms with van der Waals surface area (Å²) >= 11 is 0. The van der Waals surface area contributed by atoms with Crippen molar-refractivity contribution in [1.82, 2.24) is 20.0 Å². The molecule has 8 heteroatoms. The summed E-state index contributed by atoms with van der Waals surface area (Å²) in [5.74, 6) is 2.37. The fourth-order valence-electron chi connectivity index (χ4n) is 4.86. The lowest BCUT2D eigenvalue weighted by molar-refractivity contribution is 0.0114. The smallest absolute Gasteiger partial charge is 0.254 e. The minimum atomic E-state index is -0.0110. The predicted molar refractivity (Wildman–Crippen MR) is 118 cm³/mol. The van der Waals surface area contributed by atoms with Gasteiger partial charge in [-0.3, -0.25) is 9.69 Å². The molecule has 5 rings (SSSR count). The summed E-state index contributed by atoms with van der Waals surface area (Å²) in [7, 11) is 5.23. The van der Waals surface area contributed by atoms with E-state index in [2.05, 4.69) is 22.1 Å². The van der Waals surface area contributed by atoms with Gasteiger partial charge in [-0.1, -0.05) is 18.2 Å². The highest BCUT2D eigenvalue weighted by Crippen LogP contribution is 2.48. The Morgan fingerprint density at radius 1 is 1.03 bits per heavy atom. The number of carbonyl (C=O) groups excluding carboxylic acids is 1. The van der Waals surface area contributed by atoms with Gasteiger partial charge >= 0.3 is 0 Å². The van der Waals surface area contributed by atoms with Crippen LogP contribution in [0.3, 0.4) is 0 Å². The molecule has 0 N–H and O–H groups in total. The summed E-state index contributed by atoms with van der Waals surface area (Å²) in [6.45, 7) is 2.28. The third-order valence-electron chi connectivity index (χ3n) is 6.43. The van der Waals surface area contributed by atoms with Crippen LogP contribution in [0.4, 0.5) is 0 Å². The lowest BCUT2D eigenvalue weighted by Gasteiger charge is -2.48. The molecule has 1 spiro atoms. The number of hydrogen-bond acceptors (Lipinski definition) is 7. The second-order valence-electron chi connectivity index (χ2n) is 8.71. The third-order valence-corrected chi connectivity index (χ3v) is 6.43. The van der Waals surface area contributed by atoms with Gasteiger partial charge in [-0.05, 0) is 37.7 Å². The Bertz CT molecular complexity index is 1100. The molecule has 2 aromatic carbocycles. The Hall–Kier alpha value is -3.39. The highest BCUT2D eigenvalue weighted by Gasteiger charge is 2.53. The zero-order chi connectivity index (χ0) is 22.3. The van der Waals surface area contributed by atoms with Gasteiger partial charge in [0.2, 0.25) is 11.8 Å². The van der Waals surface area contributed by atoms with Crippen molar-refractivity contribution in [2.75, 3.05) is 40.9 Å². The summed E-state index contributed by atoms with van der Waals surface area (Å²) in [5, 5.41) is 8.56. The highest BCUT2D eigenvalue weighted by atomic mass is 16.5. The first kappa shape index (κ1) is 20.5. The van der Waals surface area contributed by atoms with Gasteiger partial charge < -0.3 is 18.8 Å². The second-order valence-corrected chi connectivity index (χ2v) is 8.71. The number of benzene rings is 2. The van der Waals surface area contributed by atoms with Crippen LogP contribution in [0.1, 0.15) is 28.7 Å². The first-order valence-electron chi connectivity index (χ1n) is 10.6. The Balaban J connectivity index is 1.27. The lowest BCUT2D eigenvalue weighted by atomic mass is 9.77. The molecule has 1 amide bonds. The number of amides is 1. The van der Waals surface area contributed by atoms with Crippen LogP contribution < -0.4 is 9.47 Å². The molecule has 1 unspecified atom stereocenters. The molecule has 1 atom stereocenters. The largest absolute Gasteiger partial charge is 0.497 e. The van der Waals surface area contributed by atoms with Crippen LogP contribution in [-0.4, -0.2) is 66.8 Å². The van der Waals surface area contributed by atoms with Gasteiger partial charge in [0, 0.05) is 42.2 Å². The van der Waals surface area contributed by atoms with Gasteiger partial charge in [-0.25, -0.2) is 0 Å². The van der Waals surface area contributed by atoms with Crippen LogP contribution in [0, 0.1) is 5.41 Å². The summed E-state index contributed by atoms with van der Waals surface area (Å²) in [6.07, 6.45) is 0.880. The van der Waals surface area contributed by atoms with Crippen molar-refractivity contribution >= 4 is 5.91 Å². The van der Waals surface area contributed by atoms with E-state index in [1.165, 1.54) is 0 Å². The van der Waals surface area contributed by atoms with Crippen LogP contribution in [0.5, 0.6) is 11.5 Å². The van der Waals surface area contributed by atoms with Crippen molar-refractivity contribution in [2.45, 2.75) is 12.5 Å². The van der Waals surface area contributed by atoms with Crippen molar-refractivity contribution in [3.8, 4) is 23.0 Å². The molecule has 1 aromatic heterocycles. The van der Waals surface area contributed by atoms with Crippen molar-refractivity contribution < 1.29 is 18.7 Å². The van der Waals surface area contributed by atoms with E-state index in [9.17, 15) is 4.79 Å². The van der Waals surface area contributed by atoms with Crippen molar-refractivity contribution in [2.24, 2.45) is 5.41 Å². The SMILES string of the molecule is COc1cc(OC)cc(C(=O)N2CC3(CC(c4nnc(-c5ccccc5)o4)N(C)C3)C2)c1. The van der Waals surface area contributed by atoms with E-state index < -0.39 is 0 Å². The molecule has 0 aliphatic carbocycles. The van der Waals surface area contributed by atoms with E-state index >= 15 is 0 Å². The average Bonchev–Trinajstić information content (AvgIpc) is 3.42. The topological polar surface area (TPSA) is 80.9 Å². The normalized spacial score (nSPS) is 19.7. The van der Waals surface area contributed by atoms with E-state index in [0.29, 0.717) is 41.9 Å². The summed E-state index contributed by atoms with van der Waals surface area (Å²) < 4.78 is 16.6. The summed E-state index contributed by atoms with van der Waals surface area (Å²) in [5.41, 5.74) is 1.53. The first-order chi connectivity index (χ1) is 15.5. The van der Waals surface area contributed by atoms with Gasteiger partial charge in [-0.15, -0.1) is 10.2 Å². The Morgan fingerprint density at radius 2 is 1.72 bits per heavy atom. The molecule has 8 nitrogen and oxygen atoms in total. The number of hydrogen-bond donors (Lipinski definition) is 0. The van der Waals surface area contributed by atoms with E-state index in [1.807, 2.05) is 35.2 Å². The quantitative estimate of drug-likeness (QED) is 0.610. The lowest BCUT2D eigenvalue weighted by Crippen LogP contribution is -2.59. The number of ether oxygens (including phenoxy) is 2. The molecule has 2 fully saturated rings. The maximum Gasteiger partial charge on any atom is 0.254 e. The molecular formula is C24H26N4O4. The van der Waals surface area contributed by atoms with Crippen LogP contribution >= 0.6 is 0 Å². The average molecular weight is 434 g/mol. The van der Waals surface area contributed by atoms with Gasteiger partial charge in [0.25, 0.3) is 5.91 Å². The highest BCUT2D eigenvalue weighted by molar-refractivity contribution is 5.95. The van der Waals surface area contributed by atoms with Gasteiger partial charge in [0.15, 0.2) is 0 Å². The molecule has 32 heavy (non-hydrogen) atoms. The zero-order valence-electron chi connectivity index (χ0n) is 18.4. The Kier molecular flexibility index (Phi) is 5.09. The van der Waals surface area contributed by atoms with E-state index in [0.717, 1.165) is 18.5 Å². The maximum atomic E-state index is 13.1. The fraction of sp³-hybridized carbons (Fsp3) is 0.375. The monoisotopic (exact) mass is 434 g/mol. The number of nitrogens with zero attached hydrogens (tertiary/aromatic N) is 4. The number of aromatic nitrogens is 2. The van der Waals surface area contributed by atoms with Crippen molar-refractivity contribution in [1.29, 1.82) is 0 Å². The molecule has 0 saturated carbocycles. The summed E-state index contributed by atoms with van der Waals surface area (Å²) in [4.78, 5) is 17.2.